The third-order valence-corrected chi connectivity index (χ3v) is 6.31. The van der Waals surface area contributed by atoms with Crippen LogP contribution in [0.15, 0.2) is 59.6 Å². The lowest BCUT2D eigenvalue weighted by Gasteiger charge is -2.37. The van der Waals surface area contributed by atoms with Gasteiger partial charge < -0.3 is 18.9 Å². The molecule has 0 saturated carbocycles. The van der Waals surface area contributed by atoms with E-state index in [1.165, 1.54) is 0 Å². The molecule has 2 heterocycles. The van der Waals surface area contributed by atoms with E-state index in [-0.39, 0.29) is 5.91 Å². The van der Waals surface area contributed by atoms with Crippen LogP contribution >= 0.6 is 0 Å². The average molecular weight is 423 g/mol. The molecule has 8 heteroatoms. The monoisotopic (exact) mass is 422 g/mol. The summed E-state index contributed by atoms with van der Waals surface area (Å²) in [5.41, 5.74) is 2.43. The third kappa shape index (κ3) is 3.70. The van der Waals surface area contributed by atoms with Crippen molar-refractivity contribution in [2.24, 2.45) is 0 Å². The van der Waals surface area contributed by atoms with Crippen molar-refractivity contribution in [2.75, 3.05) is 31.1 Å². The smallest absolute Gasteiger partial charge is 0.245 e. The molecular weight excluding hydrogens is 400 g/mol. The van der Waals surface area contributed by atoms with Gasteiger partial charge in [-0.05, 0) is 37.3 Å². The highest BCUT2D eigenvalue weighted by Gasteiger charge is 2.27. The van der Waals surface area contributed by atoms with Crippen molar-refractivity contribution in [1.29, 1.82) is 5.26 Å². The number of hydrogen-bond donors (Lipinski definition) is 1. The summed E-state index contributed by atoms with van der Waals surface area (Å²) in [4.78, 5) is 17.5. The fourth-order valence-electron chi connectivity index (χ4n) is 3.96. The van der Waals surface area contributed by atoms with Gasteiger partial charge in [-0.2, -0.15) is 5.26 Å². The van der Waals surface area contributed by atoms with Crippen LogP contribution in [-0.2, 0) is 15.9 Å². The molecule has 1 aromatic heterocycles. The molecule has 4 rings (SSSR count). The number of nitriles is 1. The summed E-state index contributed by atoms with van der Waals surface area (Å²) in [5, 5.41) is 10.3. The first-order valence-electron chi connectivity index (χ1n) is 9.74. The molecule has 1 aliphatic rings. The van der Waals surface area contributed by atoms with Gasteiger partial charge in [0.2, 0.25) is 5.91 Å². The Labute approximate surface area is 177 Å². The molecule has 1 amide bonds. The van der Waals surface area contributed by atoms with E-state index in [0.717, 1.165) is 16.6 Å². The summed E-state index contributed by atoms with van der Waals surface area (Å²) >= 11 is -1.98. The zero-order valence-corrected chi connectivity index (χ0v) is 17.4. The van der Waals surface area contributed by atoms with Gasteiger partial charge in [-0.1, -0.05) is 18.2 Å². The number of amides is 1. The van der Waals surface area contributed by atoms with Crippen molar-refractivity contribution in [1.82, 2.24) is 9.47 Å². The van der Waals surface area contributed by atoms with E-state index in [2.05, 4.69) is 11.0 Å². The molecule has 1 aliphatic heterocycles. The highest BCUT2D eigenvalue weighted by Crippen LogP contribution is 2.26. The maximum absolute atomic E-state index is 13.1. The quantitative estimate of drug-likeness (QED) is 0.653. The van der Waals surface area contributed by atoms with Gasteiger partial charge in [0.05, 0.1) is 16.0 Å². The maximum atomic E-state index is 13.1. The second-order valence-electron chi connectivity index (χ2n) is 7.31. The minimum atomic E-state index is -1.98. The Hall–Kier alpha value is -3.15. The molecule has 1 fully saturated rings. The molecule has 7 nitrogen and oxygen atoms in total. The largest absolute Gasteiger partial charge is 0.368 e. The first kappa shape index (κ1) is 20.1. The lowest BCUT2D eigenvalue weighted by atomic mass is 10.2. The van der Waals surface area contributed by atoms with Gasteiger partial charge in [-0.25, -0.2) is 4.21 Å². The standard InChI is InChI=1S/C22H22N4O3S/c1-16(26-15-17(14-23)20-4-2-3-5-21(20)26)22(27)25-12-10-24(11-13-25)18-6-8-19(9-7-18)30(28)29/h2-9,15-16H,10-13H2,1H3,(H,28,29). The van der Waals surface area contributed by atoms with E-state index in [9.17, 15) is 14.3 Å². The van der Waals surface area contributed by atoms with Crippen LogP contribution in [0.1, 0.15) is 18.5 Å². The molecule has 30 heavy (non-hydrogen) atoms. The Bertz CT molecular complexity index is 1140. The van der Waals surface area contributed by atoms with Crippen molar-refractivity contribution in [3.05, 3.63) is 60.3 Å². The summed E-state index contributed by atoms with van der Waals surface area (Å²) in [6.45, 7) is 4.45. The van der Waals surface area contributed by atoms with Crippen LogP contribution in [0.3, 0.4) is 0 Å². The topological polar surface area (TPSA) is 89.6 Å². The first-order valence-corrected chi connectivity index (χ1v) is 10.8. The number of para-hydroxylation sites is 1. The first-order chi connectivity index (χ1) is 14.5. The lowest BCUT2D eigenvalue weighted by Crippen LogP contribution is -2.50. The second-order valence-corrected chi connectivity index (χ2v) is 8.28. The van der Waals surface area contributed by atoms with Crippen molar-refractivity contribution < 1.29 is 13.6 Å². The molecule has 154 valence electrons. The molecule has 1 N–H and O–H groups in total. The van der Waals surface area contributed by atoms with Crippen molar-refractivity contribution in [2.45, 2.75) is 17.9 Å². The zero-order valence-electron chi connectivity index (χ0n) is 16.6. The highest BCUT2D eigenvalue weighted by atomic mass is 32.2. The number of fused-ring (bicyclic) bond motifs is 1. The minimum absolute atomic E-state index is 0.0333. The normalized spacial score (nSPS) is 16.3. The van der Waals surface area contributed by atoms with E-state index in [1.54, 1.807) is 18.3 Å². The Morgan fingerprint density at radius 3 is 2.40 bits per heavy atom. The van der Waals surface area contributed by atoms with E-state index < -0.39 is 17.1 Å². The SMILES string of the molecule is CC(C(=O)N1CCN(c2ccc(S(=O)O)cc2)CC1)n1cc(C#N)c2ccccc21. The van der Waals surface area contributed by atoms with Gasteiger partial charge in [0, 0.05) is 43.4 Å². The lowest BCUT2D eigenvalue weighted by molar-refractivity contribution is -0.134. The Morgan fingerprint density at radius 1 is 1.10 bits per heavy atom. The molecule has 1 saturated heterocycles. The van der Waals surface area contributed by atoms with Crippen molar-refractivity contribution in [3.8, 4) is 6.07 Å². The number of carbonyl (C=O) groups excluding carboxylic acids is 1. The van der Waals surface area contributed by atoms with Gasteiger partial charge in [0.15, 0.2) is 11.1 Å². The molecule has 2 atom stereocenters. The molecule has 0 spiro atoms. The molecule has 0 bridgehead atoms. The van der Waals surface area contributed by atoms with Crippen molar-refractivity contribution >= 4 is 33.6 Å². The van der Waals surface area contributed by atoms with Crippen LogP contribution in [0.2, 0.25) is 0 Å². The molecule has 2 aromatic carbocycles. The van der Waals surface area contributed by atoms with Crippen molar-refractivity contribution in [3.63, 3.8) is 0 Å². The number of piperazine rings is 1. The molecule has 0 aliphatic carbocycles. The van der Waals surface area contributed by atoms with Crippen LogP contribution in [0, 0.1) is 11.3 Å². The van der Waals surface area contributed by atoms with Crippen LogP contribution in [0.4, 0.5) is 5.69 Å². The van der Waals surface area contributed by atoms with Gasteiger partial charge in [-0.3, -0.25) is 4.79 Å². The fourth-order valence-corrected chi connectivity index (χ4v) is 4.32. The summed E-state index contributed by atoms with van der Waals surface area (Å²) < 4.78 is 22.2. The third-order valence-electron chi connectivity index (χ3n) is 5.63. The number of anilines is 1. The number of carbonyl (C=O) groups is 1. The van der Waals surface area contributed by atoms with Gasteiger partial charge in [0.25, 0.3) is 0 Å². The number of nitrogens with zero attached hydrogens (tertiary/aromatic N) is 4. The van der Waals surface area contributed by atoms with Crippen LogP contribution in [0.5, 0.6) is 0 Å². The molecular formula is C22H22N4O3S. The Balaban J connectivity index is 1.46. The Kier molecular flexibility index (Phi) is 5.57. The van der Waals surface area contributed by atoms with Gasteiger partial charge >= 0.3 is 0 Å². The van der Waals surface area contributed by atoms with Gasteiger partial charge in [0.1, 0.15) is 12.1 Å². The van der Waals surface area contributed by atoms with E-state index in [1.807, 2.05) is 52.8 Å². The van der Waals surface area contributed by atoms with E-state index in [4.69, 9.17) is 4.55 Å². The summed E-state index contributed by atoms with van der Waals surface area (Å²) in [5.74, 6) is 0.0333. The number of rotatable bonds is 4. The van der Waals surface area contributed by atoms with E-state index in [0.29, 0.717) is 36.6 Å². The molecule has 0 radical (unpaired) electrons. The molecule has 2 unspecified atom stereocenters. The zero-order chi connectivity index (χ0) is 21.3. The number of hydrogen-bond acceptors (Lipinski definition) is 4. The predicted molar refractivity (Wildman–Crippen MR) is 116 cm³/mol. The highest BCUT2D eigenvalue weighted by molar-refractivity contribution is 7.79. The van der Waals surface area contributed by atoms with Crippen LogP contribution < -0.4 is 4.90 Å². The fraction of sp³-hybridized carbons (Fsp3) is 0.273. The van der Waals surface area contributed by atoms with E-state index >= 15 is 0 Å². The average Bonchev–Trinajstić information content (AvgIpc) is 3.17. The second kappa shape index (κ2) is 8.30. The summed E-state index contributed by atoms with van der Waals surface area (Å²) in [6, 6.07) is 16.4. The van der Waals surface area contributed by atoms with Gasteiger partial charge in [-0.15, -0.1) is 0 Å². The number of benzene rings is 2. The summed E-state index contributed by atoms with van der Waals surface area (Å²) in [6.07, 6.45) is 1.76. The van der Waals surface area contributed by atoms with Crippen LogP contribution in [0.25, 0.3) is 10.9 Å². The van der Waals surface area contributed by atoms with Crippen LogP contribution in [-0.4, -0.2) is 50.3 Å². The minimum Gasteiger partial charge on any atom is -0.368 e. The Morgan fingerprint density at radius 2 is 1.77 bits per heavy atom. The molecule has 3 aromatic rings. The number of aromatic nitrogens is 1. The summed E-state index contributed by atoms with van der Waals surface area (Å²) in [7, 11) is 0. The predicted octanol–water partition coefficient (Wildman–Crippen LogP) is 3.00. The maximum Gasteiger partial charge on any atom is 0.245 e.